The topological polar surface area (TPSA) is 296 Å². The number of fused-ring (bicyclic) bond motifs is 5. The van der Waals surface area contributed by atoms with Crippen molar-refractivity contribution >= 4 is 18.0 Å². The lowest BCUT2D eigenvalue weighted by molar-refractivity contribution is -0.373. The summed E-state index contributed by atoms with van der Waals surface area (Å²) in [6, 6.07) is 9.39. The lowest BCUT2D eigenvalue weighted by Gasteiger charge is -2.67. The molecule has 9 rings (SSSR count). The predicted molar refractivity (Wildman–Crippen MR) is 284 cm³/mol. The maximum atomic E-state index is 13.9. The molecular weight excluding hydrogens is 1060 g/mol. The molecule has 458 valence electrons. The van der Waals surface area contributed by atoms with Crippen molar-refractivity contribution in [2.45, 2.75) is 247 Å². The van der Waals surface area contributed by atoms with Crippen LogP contribution in [0.25, 0.3) is 6.08 Å². The highest BCUT2D eigenvalue weighted by Crippen LogP contribution is 2.70. The van der Waals surface area contributed by atoms with Gasteiger partial charge in [0.25, 0.3) is 0 Å². The van der Waals surface area contributed by atoms with E-state index in [0.717, 1.165) is 12.0 Å². The first kappa shape index (κ1) is 62.7. The third-order valence-corrected chi connectivity index (χ3v) is 20.2. The smallest absolute Gasteiger partial charge is 0.331 e. The van der Waals surface area contributed by atoms with E-state index in [9.17, 15) is 45.3 Å². The normalized spacial score (nSPS) is 48.6. The van der Waals surface area contributed by atoms with Crippen molar-refractivity contribution in [2.75, 3.05) is 27.9 Å². The van der Waals surface area contributed by atoms with E-state index >= 15 is 0 Å². The maximum absolute atomic E-state index is 13.9. The fraction of sp³-hybridized carbons (Fsp3) is 0.831. The van der Waals surface area contributed by atoms with E-state index in [-0.39, 0.29) is 30.3 Å². The average molecular weight is 1150 g/mol. The van der Waals surface area contributed by atoms with Gasteiger partial charge in [0.1, 0.15) is 67.1 Å². The zero-order valence-corrected chi connectivity index (χ0v) is 48.4. The number of ether oxygens (including phenoxy) is 13. The van der Waals surface area contributed by atoms with Crippen LogP contribution in [0.2, 0.25) is 0 Å². The number of rotatable bonds is 17. The number of carbonyl (C=O) groups is 2. The minimum Gasteiger partial charge on any atom is -0.458 e. The zero-order valence-electron chi connectivity index (χ0n) is 48.4. The number of methoxy groups -OCH3 is 3. The quantitative estimate of drug-likeness (QED) is 0.0670. The van der Waals surface area contributed by atoms with Gasteiger partial charge in [0.15, 0.2) is 25.2 Å². The second kappa shape index (κ2) is 25.6. The van der Waals surface area contributed by atoms with Crippen molar-refractivity contribution in [1.29, 1.82) is 0 Å². The molecule has 0 spiro atoms. The molecule has 8 fully saturated rings. The Kier molecular flexibility index (Phi) is 19.8. The zero-order chi connectivity index (χ0) is 58.5. The molecule has 81 heavy (non-hydrogen) atoms. The Bertz CT molecular complexity index is 2270. The number of hydrogen-bond acceptors (Lipinski definition) is 22. The molecule has 4 saturated heterocycles. The Morgan fingerprint density at radius 3 is 1.93 bits per heavy atom. The molecule has 1 aromatic rings. The molecule has 7 N–H and O–H groups in total. The second-order valence-electron chi connectivity index (χ2n) is 24.7. The molecule has 8 aliphatic rings. The van der Waals surface area contributed by atoms with Gasteiger partial charge in [-0.25, -0.2) is 4.79 Å². The average Bonchev–Trinajstić information content (AvgIpc) is 2.77. The predicted octanol–water partition coefficient (Wildman–Crippen LogP) is 2.68. The second-order valence-corrected chi connectivity index (χ2v) is 24.7. The SMILES string of the molecule is CO[C@H]1[C@@H](O)[C@@H](O[C@@H]2[C@@H](OC)C[C@@H](O[C@@H]3[C@@H](OC)C[C@@H](O[C@H]4CC[C@@]5(C)[C@@H](CC[C@@H]6[C@@H]5[C@H](OC(C)=O)[C@H](OC(=O)/C=C/c5ccccc5)[C@]5(C)[C@@H]([C@H](C)O)CC[C@]65O)C4)O[C@@H]3C)O[C@@H]2C)O[C@H](C)[C@@H]1O[C@H]1O[C@H](CO)[C@H](O)[C@@H](O)[C@H]1O. The van der Waals surface area contributed by atoms with Crippen LogP contribution in [-0.2, 0) is 71.2 Å². The fourth-order valence-corrected chi connectivity index (χ4v) is 16.0. The first-order valence-corrected chi connectivity index (χ1v) is 29.2. The van der Waals surface area contributed by atoms with Crippen LogP contribution < -0.4 is 0 Å². The van der Waals surface area contributed by atoms with Crippen LogP contribution >= 0.6 is 0 Å². The summed E-state index contributed by atoms with van der Waals surface area (Å²) in [5, 5.41) is 77.0. The highest BCUT2D eigenvalue weighted by Gasteiger charge is 2.76. The minimum atomic E-state index is -1.68. The van der Waals surface area contributed by atoms with E-state index in [4.69, 9.17) is 61.6 Å². The Morgan fingerprint density at radius 1 is 0.691 bits per heavy atom. The van der Waals surface area contributed by atoms with Crippen LogP contribution in [0, 0.1) is 34.5 Å². The highest BCUT2D eigenvalue weighted by molar-refractivity contribution is 5.87. The molecule has 4 aliphatic carbocycles. The monoisotopic (exact) mass is 1150 g/mol. The van der Waals surface area contributed by atoms with Gasteiger partial charge in [-0.1, -0.05) is 44.2 Å². The first-order chi connectivity index (χ1) is 38.5. The van der Waals surface area contributed by atoms with Crippen LogP contribution in [0.4, 0.5) is 0 Å². The molecule has 0 aromatic heterocycles. The summed E-state index contributed by atoms with van der Waals surface area (Å²) in [5.41, 5.74) is -2.08. The molecule has 4 saturated carbocycles. The van der Waals surface area contributed by atoms with E-state index < -0.39 is 170 Å². The third kappa shape index (κ3) is 12.1. The minimum absolute atomic E-state index is 0.0998. The molecule has 4 aliphatic heterocycles. The summed E-state index contributed by atoms with van der Waals surface area (Å²) in [7, 11) is 4.53. The van der Waals surface area contributed by atoms with Crippen LogP contribution in [0.15, 0.2) is 36.4 Å². The van der Waals surface area contributed by atoms with Gasteiger partial charge >= 0.3 is 11.9 Å². The van der Waals surface area contributed by atoms with Gasteiger partial charge in [0, 0.05) is 58.5 Å². The van der Waals surface area contributed by atoms with Crippen molar-refractivity contribution in [3.05, 3.63) is 42.0 Å². The van der Waals surface area contributed by atoms with Gasteiger partial charge in [-0.15, -0.1) is 0 Å². The highest BCUT2D eigenvalue weighted by atomic mass is 16.8. The molecule has 0 bridgehead atoms. The Hall–Kier alpha value is -2.82. The van der Waals surface area contributed by atoms with E-state index in [1.54, 1.807) is 41.1 Å². The van der Waals surface area contributed by atoms with Gasteiger partial charge in [0.05, 0.1) is 54.9 Å². The molecule has 0 unspecified atom stereocenters. The lowest BCUT2D eigenvalue weighted by Crippen LogP contribution is -2.73. The van der Waals surface area contributed by atoms with Gasteiger partial charge in [-0.3, -0.25) is 4.79 Å². The van der Waals surface area contributed by atoms with E-state index in [2.05, 4.69) is 6.92 Å². The summed E-state index contributed by atoms with van der Waals surface area (Å²) in [6.07, 6.45) is -13.0. The van der Waals surface area contributed by atoms with Crippen molar-refractivity contribution in [3.63, 3.8) is 0 Å². The van der Waals surface area contributed by atoms with Crippen LogP contribution in [0.1, 0.15) is 112 Å². The van der Waals surface area contributed by atoms with Crippen molar-refractivity contribution in [1.82, 2.24) is 0 Å². The van der Waals surface area contributed by atoms with Crippen LogP contribution in [-0.4, -0.2) is 216 Å². The summed E-state index contributed by atoms with van der Waals surface area (Å²) < 4.78 is 81.2. The summed E-state index contributed by atoms with van der Waals surface area (Å²) in [4.78, 5) is 27.1. The Labute approximate surface area is 474 Å². The summed E-state index contributed by atoms with van der Waals surface area (Å²) in [6.45, 7) is 11.9. The van der Waals surface area contributed by atoms with Crippen molar-refractivity contribution in [2.24, 2.45) is 34.5 Å². The first-order valence-electron chi connectivity index (χ1n) is 29.2. The van der Waals surface area contributed by atoms with Crippen molar-refractivity contribution in [3.8, 4) is 0 Å². The third-order valence-electron chi connectivity index (χ3n) is 20.2. The molecule has 0 radical (unpaired) electrons. The summed E-state index contributed by atoms with van der Waals surface area (Å²) in [5.74, 6) is -2.11. The van der Waals surface area contributed by atoms with Crippen LogP contribution in [0.3, 0.4) is 0 Å². The Balaban J connectivity index is 0.824. The fourth-order valence-electron chi connectivity index (χ4n) is 16.0. The largest absolute Gasteiger partial charge is 0.458 e. The molecular formula is C59H90O22. The number of esters is 2. The molecule has 4 heterocycles. The lowest BCUT2D eigenvalue weighted by atomic mass is 9.41. The number of benzene rings is 1. The van der Waals surface area contributed by atoms with Crippen LogP contribution in [0.5, 0.6) is 0 Å². The molecule has 1 aromatic carbocycles. The van der Waals surface area contributed by atoms with Crippen molar-refractivity contribution < 1.29 is 107 Å². The number of carbonyl (C=O) groups excluding carboxylic acids is 2. The van der Waals surface area contributed by atoms with E-state index in [1.165, 1.54) is 20.1 Å². The maximum Gasteiger partial charge on any atom is 0.331 e. The summed E-state index contributed by atoms with van der Waals surface area (Å²) >= 11 is 0. The van der Waals surface area contributed by atoms with Gasteiger partial charge < -0.3 is 97.3 Å². The molecule has 22 heteroatoms. The van der Waals surface area contributed by atoms with Gasteiger partial charge in [-0.2, -0.15) is 0 Å². The number of aliphatic hydroxyl groups excluding tert-OH is 6. The number of hydrogen-bond donors (Lipinski definition) is 7. The standard InChI is InChI=1S/C59H90O22/c1-28(61)36-21-23-59(68)37-18-17-34-24-35(20-22-57(34,6)44(37)52(75-32(5)62)54(58(36,59)7)78-41(63)19-16-33-14-12-11-13-15-33)76-42-25-38(69-8)49(29(2)72-42)79-43-26-39(70-9)50(30(3)73-43)80-56-48(67)53(71-10)51(31(4)74-56)81-55-47(66)46(65)45(64)40(27-60)77-55/h11-16,19,28-31,34-40,42-56,60-61,64-68H,17-18,20-27H2,1-10H3/b19-16+/t28-,29+,30+,31+,34-,35-,36+,37+,38-,39-,40+,42+,43+,44+,45-,46+,47+,48+,49-,50-,51-,52-,53-,54-,55+,56+,57-,58-,59-/m0/s1. The van der Waals surface area contributed by atoms with Gasteiger partial charge in [-0.05, 0) is 107 Å². The Morgan fingerprint density at radius 2 is 1.31 bits per heavy atom. The van der Waals surface area contributed by atoms with E-state index in [1.807, 2.05) is 44.2 Å². The van der Waals surface area contributed by atoms with Gasteiger partial charge in [0.2, 0.25) is 0 Å². The molecule has 22 nitrogen and oxygen atoms in total. The van der Waals surface area contributed by atoms with E-state index in [0.29, 0.717) is 44.9 Å². The molecule has 29 atom stereocenters. The number of aliphatic hydroxyl groups is 7. The molecule has 0 amide bonds.